The highest BCUT2D eigenvalue weighted by Crippen LogP contribution is 2.27. The van der Waals surface area contributed by atoms with Gasteiger partial charge in [-0.25, -0.2) is 4.18 Å². The van der Waals surface area contributed by atoms with Crippen molar-refractivity contribution in [3.63, 3.8) is 0 Å². The summed E-state index contributed by atoms with van der Waals surface area (Å²) >= 11 is 0. The summed E-state index contributed by atoms with van der Waals surface area (Å²) in [5.41, 5.74) is 1.65. The molecule has 1 aliphatic heterocycles. The van der Waals surface area contributed by atoms with Crippen molar-refractivity contribution in [3.8, 4) is 0 Å². The van der Waals surface area contributed by atoms with Crippen molar-refractivity contribution in [2.24, 2.45) is 0 Å². The molecule has 19 heavy (non-hydrogen) atoms. The second kappa shape index (κ2) is 4.86. The third-order valence-electron chi connectivity index (χ3n) is 2.82. The molecule has 1 aliphatic rings. The molecule has 1 unspecified atom stereocenters. The first-order valence-electron chi connectivity index (χ1n) is 6.02. The zero-order valence-electron chi connectivity index (χ0n) is 11.5. The molecule has 0 saturated carbocycles. The fraction of sp³-hybridized carbons (Fsp3) is 0.538. The van der Waals surface area contributed by atoms with Crippen LogP contribution in [0.5, 0.6) is 0 Å². The molecule has 0 aliphatic carbocycles. The van der Waals surface area contributed by atoms with Crippen molar-refractivity contribution < 1.29 is 22.1 Å². The number of hydrogen-bond acceptors (Lipinski definition) is 5. The van der Waals surface area contributed by atoms with Crippen molar-refractivity contribution in [1.82, 2.24) is 0 Å². The Morgan fingerprint density at radius 2 is 2.00 bits per heavy atom. The molecule has 0 amide bonds. The molecule has 1 heterocycles. The molecule has 1 fully saturated rings. The summed E-state index contributed by atoms with van der Waals surface area (Å²) in [6.07, 6.45) is -0.902. The Labute approximate surface area is 113 Å². The third kappa shape index (κ3) is 3.33. The Morgan fingerprint density at radius 3 is 2.53 bits per heavy atom. The highest BCUT2D eigenvalue weighted by atomic mass is 32.2. The summed E-state index contributed by atoms with van der Waals surface area (Å²) in [5.74, 6) is -0.817. The smallest absolute Gasteiger partial charge is 0.299 e. The van der Waals surface area contributed by atoms with E-state index >= 15 is 0 Å². The van der Waals surface area contributed by atoms with Crippen molar-refractivity contribution in [2.75, 3.05) is 6.61 Å². The molecule has 6 heteroatoms. The molecule has 1 aromatic rings. The van der Waals surface area contributed by atoms with Crippen LogP contribution in [0.2, 0.25) is 0 Å². The second-order valence-electron chi connectivity index (χ2n) is 5.08. The maximum absolute atomic E-state index is 12.2. The van der Waals surface area contributed by atoms with Crippen LogP contribution >= 0.6 is 0 Å². The van der Waals surface area contributed by atoms with E-state index in [4.69, 9.17) is 13.7 Å². The molecule has 1 atom stereocenters. The van der Waals surface area contributed by atoms with Crippen molar-refractivity contribution in [3.05, 3.63) is 29.3 Å². The highest BCUT2D eigenvalue weighted by Gasteiger charge is 2.36. The van der Waals surface area contributed by atoms with E-state index in [1.165, 1.54) is 0 Å². The number of rotatable bonds is 3. The van der Waals surface area contributed by atoms with Crippen LogP contribution in [-0.4, -0.2) is 27.1 Å². The molecule has 5 nitrogen and oxygen atoms in total. The third-order valence-corrected chi connectivity index (χ3v) is 4.28. The van der Waals surface area contributed by atoms with Gasteiger partial charge in [0.2, 0.25) is 6.29 Å². The monoisotopic (exact) mass is 286 g/mol. The van der Waals surface area contributed by atoms with Crippen LogP contribution < -0.4 is 0 Å². The summed E-state index contributed by atoms with van der Waals surface area (Å²) in [6.45, 7) is 7.15. The Morgan fingerprint density at radius 1 is 1.32 bits per heavy atom. The fourth-order valence-corrected chi connectivity index (χ4v) is 3.14. The zero-order valence-corrected chi connectivity index (χ0v) is 12.3. The maximum Gasteiger partial charge on any atom is 0.299 e. The van der Waals surface area contributed by atoms with Crippen molar-refractivity contribution >= 4 is 10.1 Å². The first-order chi connectivity index (χ1) is 8.70. The molecular formula is C13H18O5S. The molecule has 0 spiro atoms. The standard InChI is InChI=1S/C13H18O5S/c1-9-5-6-11(10(2)7-9)19(14,15)18-12-8-16-13(3,4)17-12/h5-7,12H,8H2,1-4H3. The quantitative estimate of drug-likeness (QED) is 0.796. The minimum Gasteiger partial charge on any atom is -0.345 e. The van der Waals surface area contributed by atoms with Crippen LogP contribution in [0.15, 0.2) is 23.1 Å². The van der Waals surface area contributed by atoms with Crippen molar-refractivity contribution in [2.45, 2.75) is 44.7 Å². The van der Waals surface area contributed by atoms with E-state index in [0.29, 0.717) is 5.56 Å². The van der Waals surface area contributed by atoms with E-state index in [1.54, 1.807) is 39.0 Å². The van der Waals surface area contributed by atoms with E-state index in [9.17, 15) is 8.42 Å². The van der Waals surface area contributed by atoms with Crippen LogP contribution in [0, 0.1) is 13.8 Å². The van der Waals surface area contributed by atoms with E-state index in [1.807, 2.05) is 6.92 Å². The van der Waals surface area contributed by atoms with Gasteiger partial charge in [0.15, 0.2) is 5.79 Å². The Balaban J connectivity index is 2.19. The molecule has 0 radical (unpaired) electrons. The van der Waals surface area contributed by atoms with Gasteiger partial charge < -0.3 is 9.47 Å². The largest absolute Gasteiger partial charge is 0.345 e. The van der Waals surface area contributed by atoms with Gasteiger partial charge >= 0.3 is 0 Å². The maximum atomic E-state index is 12.2. The number of hydrogen-bond donors (Lipinski definition) is 0. The average molecular weight is 286 g/mol. The predicted octanol–water partition coefficient (Wildman–Crippen LogP) is 2.12. The van der Waals surface area contributed by atoms with Gasteiger partial charge in [-0.3, -0.25) is 0 Å². The van der Waals surface area contributed by atoms with Gasteiger partial charge in [-0.05, 0) is 39.3 Å². The summed E-state index contributed by atoms with van der Waals surface area (Å²) in [7, 11) is -3.85. The van der Waals surface area contributed by atoms with E-state index < -0.39 is 22.2 Å². The first-order valence-corrected chi connectivity index (χ1v) is 7.43. The van der Waals surface area contributed by atoms with Gasteiger partial charge in [-0.2, -0.15) is 8.42 Å². The lowest BCUT2D eigenvalue weighted by molar-refractivity contribution is -0.166. The molecule has 0 N–H and O–H groups in total. The Hall–Kier alpha value is -0.950. The van der Waals surface area contributed by atoms with Gasteiger partial charge in [0, 0.05) is 0 Å². The zero-order chi connectivity index (χ0) is 14.3. The SMILES string of the molecule is Cc1ccc(S(=O)(=O)OC2COC(C)(C)O2)c(C)c1. The first kappa shape index (κ1) is 14.5. The minimum absolute atomic E-state index is 0.0944. The van der Waals surface area contributed by atoms with E-state index in [0.717, 1.165) is 5.56 Å². The fourth-order valence-electron chi connectivity index (χ4n) is 1.97. The minimum atomic E-state index is -3.85. The van der Waals surface area contributed by atoms with Gasteiger partial charge in [-0.1, -0.05) is 17.7 Å². The lowest BCUT2D eigenvalue weighted by Crippen LogP contribution is -2.25. The summed E-state index contributed by atoms with van der Waals surface area (Å²) in [5, 5.41) is 0. The summed E-state index contributed by atoms with van der Waals surface area (Å²) in [6, 6.07) is 5.08. The predicted molar refractivity (Wildman–Crippen MR) is 69.1 cm³/mol. The van der Waals surface area contributed by atoms with Gasteiger partial charge in [0.05, 0.1) is 4.90 Å². The topological polar surface area (TPSA) is 61.8 Å². The number of aryl methyl sites for hydroxylation is 2. The molecule has 1 saturated heterocycles. The highest BCUT2D eigenvalue weighted by molar-refractivity contribution is 7.86. The van der Waals surface area contributed by atoms with Crippen LogP contribution in [-0.2, 0) is 23.8 Å². The molecular weight excluding hydrogens is 268 g/mol. The normalized spacial score (nSPS) is 22.6. The van der Waals surface area contributed by atoms with Crippen LogP contribution in [0.3, 0.4) is 0 Å². The summed E-state index contributed by atoms with van der Waals surface area (Å²) in [4.78, 5) is 0.159. The molecule has 1 aromatic carbocycles. The Bertz CT molecular complexity index is 577. The van der Waals surface area contributed by atoms with Crippen LogP contribution in [0.4, 0.5) is 0 Å². The Kier molecular flexibility index (Phi) is 3.70. The molecule has 106 valence electrons. The van der Waals surface area contributed by atoms with Gasteiger partial charge in [0.25, 0.3) is 10.1 Å². The van der Waals surface area contributed by atoms with E-state index in [-0.39, 0.29) is 11.5 Å². The lowest BCUT2D eigenvalue weighted by atomic mass is 10.2. The second-order valence-corrected chi connectivity index (χ2v) is 6.62. The number of benzene rings is 1. The average Bonchev–Trinajstić information content (AvgIpc) is 2.56. The van der Waals surface area contributed by atoms with Crippen LogP contribution in [0.1, 0.15) is 25.0 Å². The van der Waals surface area contributed by atoms with Gasteiger partial charge in [-0.15, -0.1) is 0 Å². The van der Waals surface area contributed by atoms with Crippen molar-refractivity contribution in [1.29, 1.82) is 0 Å². The lowest BCUT2D eigenvalue weighted by Gasteiger charge is -2.17. The van der Waals surface area contributed by atoms with E-state index in [2.05, 4.69) is 0 Å². The molecule has 0 bridgehead atoms. The summed E-state index contributed by atoms with van der Waals surface area (Å²) < 4.78 is 40.0. The van der Waals surface area contributed by atoms with Crippen LogP contribution in [0.25, 0.3) is 0 Å². The number of ether oxygens (including phenoxy) is 2. The van der Waals surface area contributed by atoms with Gasteiger partial charge in [0.1, 0.15) is 6.61 Å². The molecule has 2 rings (SSSR count). The molecule has 0 aromatic heterocycles.